The molecule has 0 rings (SSSR count). The molecule has 0 radical (unpaired) electrons. The number of aliphatic hydroxyl groups excluding tert-OH is 1. The SMILES string of the molecule is CCC/C=C\C(O)CCC. The first-order valence-electron chi connectivity index (χ1n) is 4.16. The van der Waals surface area contributed by atoms with E-state index in [0.717, 1.165) is 25.7 Å². The predicted octanol–water partition coefficient (Wildman–Crippen LogP) is 2.50. The van der Waals surface area contributed by atoms with Crippen LogP contribution in [0.25, 0.3) is 0 Å². The average molecular weight is 142 g/mol. The number of hydrogen-bond donors (Lipinski definition) is 1. The molecule has 0 bridgehead atoms. The van der Waals surface area contributed by atoms with Gasteiger partial charge in [-0.25, -0.2) is 0 Å². The van der Waals surface area contributed by atoms with Crippen LogP contribution in [0, 0.1) is 0 Å². The van der Waals surface area contributed by atoms with E-state index in [0.29, 0.717) is 0 Å². The highest BCUT2D eigenvalue weighted by atomic mass is 16.3. The maximum absolute atomic E-state index is 9.19. The fraction of sp³-hybridized carbons (Fsp3) is 0.778. The third-order valence-electron chi connectivity index (χ3n) is 1.40. The summed E-state index contributed by atoms with van der Waals surface area (Å²) in [5.41, 5.74) is 0. The first kappa shape index (κ1) is 9.70. The third-order valence-corrected chi connectivity index (χ3v) is 1.40. The summed E-state index contributed by atoms with van der Waals surface area (Å²) >= 11 is 0. The van der Waals surface area contributed by atoms with Crippen molar-refractivity contribution in [3.8, 4) is 0 Å². The zero-order valence-corrected chi connectivity index (χ0v) is 7.01. The number of rotatable bonds is 5. The quantitative estimate of drug-likeness (QED) is 0.585. The highest BCUT2D eigenvalue weighted by Gasteiger charge is 1.93. The minimum absolute atomic E-state index is 0.212. The van der Waals surface area contributed by atoms with Gasteiger partial charge in [0.1, 0.15) is 0 Å². The highest BCUT2D eigenvalue weighted by molar-refractivity contribution is 4.87. The Morgan fingerprint density at radius 1 is 1.30 bits per heavy atom. The van der Waals surface area contributed by atoms with Gasteiger partial charge in [-0.2, -0.15) is 0 Å². The largest absolute Gasteiger partial charge is 0.389 e. The molecule has 1 nitrogen and oxygen atoms in total. The van der Waals surface area contributed by atoms with Crippen LogP contribution in [0.15, 0.2) is 12.2 Å². The second-order valence-corrected chi connectivity index (χ2v) is 2.57. The van der Waals surface area contributed by atoms with Crippen LogP contribution in [0.5, 0.6) is 0 Å². The molecule has 60 valence electrons. The first-order chi connectivity index (χ1) is 4.81. The van der Waals surface area contributed by atoms with Crippen molar-refractivity contribution in [2.45, 2.75) is 45.6 Å². The van der Waals surface area contributed by atoms with E-state index in [1.807, 2.05) is 6.08 Å². The van der Waals surface area contributed by atoms with Gasteiger partial charge in [0.2, 0.25) is 0 Å². The number of allylic oxidation sites excluding steroid dienone is 1. The topological polar surface area (TPSA) is 20.2 Å². The first-order valence-corrected chi connectivity index (χ1v) is 4.16. The van der Waals surface area contributed by atoms with Crippen molar-refractivity contribution in [2.24, 2.45) is 0 Å². The van der Waals surface area contributed by atoms with Gasteiger partial charge in [0, 0.05) is 0 Å². The Hall–Kier alpha value is -0.300. The lowest BCUT2D eigenvalue weighted by molar-refractivity contribution is 0.211. The molecule has 1 atom stereocenters. The van der Waals surface area contributed by atoms with Crippen LogP contribution >= 0.6 is 0 Å². The van der Waals surface area contributed by atoms with Crippen molar-refractivity contribution >= 4 is 0 Å². The zero-order valence-electron chi connectivity index (χ0n) is 7.01. The minimum atomic E-state index is -0.212. The molecule has 1 N–H and O–H groups in total. The van der Waals surface area contributed by atoms with Gasteiger partial charge >= 0.3 is 0 Å². The van der Waals surface area contributed by atoms with Crippen molar-refractivity contribution in [3.63, 3.8) is 0 Å². The number of hydrogen-bond acceptors (Lipinski definition) is 1. The van der Waals surface area contributed by atoms with Crippen LogP contribution < -0.4 is 0 Å². The Morgan fingerprint density at radius 2 is 2.00 bits per heavy atom. The number of aliphatic hydroxyl groups is 1. The Morgan fingerprint density at radius 3 is 2.50 bits per heavy atom. The summed E-state index contributed by atoms with van der Waals surface area (Å²) < 4.78 is 0. The van der Waals surface area contributed by atoms with Gasteiger partial charge in [-0.3, -0.25) is 0 Å². The molecule has 0 aliphatic rings. The van der Waals surface area contributed by atoms with E-state index in [9.17, 15) is 5.11 Å². The lowest BCUT2D eigenvalue weighted by Crippen LogP contribution is -1.99. The summed E-state index contributed by atoms with van der Waals surface area (Å²) in [5, 5.41) is 9.19. The fourth-order valence-corrected chi connectivity index (χ4v) is 0.812. The van der Waals surface area contributed by atoms with E-state index in [1.165, 1.54) is 0 Å². The summed E-state index contributed by atoms with van der Waals surface area (Å²) in [6.45, 7) is 4.22. The molecule has 0 aromatic heterocycles. The van der Waals surface area contributed by atoms with Gasteiger partial charge in [-0.15, -0.1) is 0 Å². The number of unbranched alkanes of at least 4 members (excludes halogenated alkanes) is 1. The molecule has 0 aromatic rings. The van der Waals surface area contributed by atoms with Crippen LogP contribution in [0.3, 0.4) is 0 Å². The second kappa shape index (κ2) is 6.81. The van der Waals surface area contributed by atoms with Crippen molar-refractivity contribution in [1.29, 1.82) is 0 Å². The van der Waals surface area contributed by atoms with E-state index in [2.05, 4.69) is 19.9 Å². The standard InChI is InChI=1S/C9H18O/c1-3-5-6-8-9(10)7-4-2/h6,8-10H,3-5,7H2,1-2H3/b8-6-. The summed E-state index contributed by atoms with van der Waals surface area (Å²) in [4.78, 5) is 0. The van der Waals surface area contributed by atoms with Gasteiger partial charge in [0.15, 0.2) is 0 Å². The van der Waals surface area contributed by atoms with Gasteiger partial charge in [0.05, 0.1) is 6.10 Å². The monoisotopic (exact) mass is 142 g/mol. The summed E-state index contributed by atoms with van der Waals surface area (Å²) in [6, 6.07) is 0. The van der Waals surface area contributed by atoms with Crippen LogP contribution in [0.4, 0.5) is 0 Å². The Labute approximate surface area is 63.8 Å². The Balaban J connectivity index is 3.26. The molecule has 0 fully saturated rings. The van der Waals surface area contributed by atoms with E-state index < -0.39 is 0 Å². The maximum atomic E-state index is 9.19. The Kier molecular flexibility index (Phi) is 6.61. The molecule has 0 saturated heterocycles. The molecule has 10 heavy (non-hydrogen) atoms. The van der Waals surface area contributed by atoms with Gasteiger partial charge in [-0.1, -0.05) is 38.8 Å². The van der Waals surface area contributed by atoms with Gasteiger partial charge in [0.25, 0.3) is 0 Å². The molecule has 0 saturated carbocycles. The van der Waals surface area contributed by atoms with Crippen molar-refractivity contribution in [2.75, 3.05) is 0 Å². The molecule has 0 aliphatic carbocycles. The van der Waals surface area contributed by atoms with Crippen LogP contribution in [0.1, 0.15) is 39.5 Å². The van der Waals surface area contributed by atoms with Gasteiger partial charge in [-0.05, 0) is 12.8 Å². The predicted molar refractivity (Wildman–Crippen MR) is 45.0 cm³/mol. The normalized spacial score (nSPS) is 14.3. The molecule has 0 heterocycles. The molecule has 0 aromatic carbocycles. The summed E-state index contributed by atoms with van der Waals surface area (Å²) in [6.07, 6.45) is 7.93. The third kappa shape index (κ3) is 5.83. The van der Waals surface area contributed by atoms with E-state index in [-0.39, 0.29) is 6.10 Å². The molecule has 0 aliphatic heterocycles. The Bertz CT molecular complexity index is 86.7. The summed E-state index contributed by atoms with van der Waals surface area (Å²) in [5.74, 6) is 0. The molecular weight excluding hydrogens is 124 g/mol. The van der Waals surface area contributed by atoms with Crippen LogP contribution in [-0.4, -0.2) is 11.2 Å². The molecular formula is C9H18O. The molecule has 0 spiro atoms. The van der Waals surface area contributed by atoms with Crippen LogP contribution in [0.2, 0.25) is 0 Å². The lowest BCUT2D eigenvalue weighted by atomic mass is 10.2. The molecule has 1 unspecified atom stereocenters. The van der Waals surface area contributed by atoms with Crippen molar-refractivity contribution in [1.82, 2.24) is 0 Å². The van der Waals surface area contributed by atoms with E-state index >= 15 is 0 Å². The van der Waals surface area contributed by atoms with Crippen LogP contribution in [-0.2, 0) is 0 Å². The van der Waals surface area contributed by atoms with E-state index in [4.69, 9.17) is 0 Å². The highest BCUT2D eigenvalue weighted by Crippen LogP contribution is 1.98. The average Bonchev–Trinajstić information content (AvgIpc) is 1.89. The molecule has 0 amide bonds. The fourth-order valence-electron chi connectivity index (χ4n) is 0.812. The summed E-state index contributed by atoms with van der Waals surface area (Å²) in [7, 11) is 0. The minimum Gasteiger partial charge on any atom is -0.389 e. The lowest BCUT2D eigenvalue weighted by Gasteiger charge is -2.00. The second-order valence-electron chi connectivity index (χ2n) is 2.57. The molecule has 1 heteroatoms. The van der Waals surface area contributed by atoms with Crippen molar-refractivity contribution in [3.05, 3.63) is 12.2 Å². The van der Waals surface area contributed by atoms with Gasteiger partial charge < -0.3 is 5.11 Å². The van der Waals surface area contributed by atoms with E-state index in [1.54, 1.807) is 0 Å². The van der Waals surface area contributed by atoms with Crippen molar-refractivity contribution < 1.29 is 5.11 Å². The maximum Gasteiger partial charge on any atom is 0.0720 e. The zero-order chi connectivity index (χ0) is 7.82. The smallest absolute Gasteiger partial charge is 0.0720 e.